The molecule has 1 aromatic carbocycles. The Morgan fingerprint density at radius 3 is 2.50 bits per heavy atom. The van der Waals surface area contributed by atoms with Crippen molar-refractivity contribution in [3.05, 3.63) is 28.8 Å². The third-order valence-corrected chi connectivity index (χ3v) is 3.12. The number of nitrogens with one attached hydrogen (secondary N) is 1. The van der Waals surface area contributed by atoms with E-state index >= 15 is 0 Å². The van der Waals surface area contributed by atoms with Crippen molar-refractivity contribution in [3.63, 3.8) is 0 Å². The topological polar surface area (TPSA) is 15.3 Å². The Balaban J connectivity index is 2.81. The molecule has 0 bridgehead atoms. The summed E-state index contributed by atoms with van der Waals surface area (Å²) in [6.07, 6.45) is -4.97. The van der Waals surface area contributed by atoms with Gasteiger partial charge in [0.25, 0.3) is 0 Å². The van der Waals surface area contributed by atoms with Gasteiger partial charge in [0.05, 0.1) is 6.42 Å². The first kappa shape index (κ1) is 17.1. The van der Waals surface area contributed by atoms with E-state index in [0.29, 0.717) is 17.6 Å². The van der Waals surface area contributed by atoms with E-state index in [-0.39, 0.29) is 6.54 Å². The molecule has 20 heavy (non-hydrogen) atoms. The molecule has 0 atom stereocenters. The van der Waals surface area contributed by atoms with Gasteiger partial charge in [0.1, 0.15) is 0 Å². The number of halogens is 4. The molecule has 114 valence electrons. The minimum Gasteiger partial charge on any atom is -0.374 e. The maximum absolute atomic E-state index is 12.3. The van der Waals surface area contributed by atoms with Gasteiger partial charge >= 0.3 is 6.18 Å². The van der Waals surface area contributed by atoms with Gasteiger partial charge in [-0.3, -0.25) is 0 Å². The van der Waals surface area contributed by atoms with Crippen molar-refractivity contribution in [2.45, 2.75) is 39.0 Å². The third-order valence-electron chi connectivity index (χ3n) is 2.88. The van der Waals surface area contributed by atoms with Crippen molar-refractivity contribution in [1.29, 1.82) is 0 Å². The Hall–Kier alpha value is -0.940. The molecular weight excluding hydrogens is 289 g/mol. The molecule has 1 N–H and O–H groups in total. The van der Waals surface area contributed by atoms with Crippen LogP contribution in [0.3, 0.4) is 0 Å². The highest BCUT2D eigenvalue weighted by Crippen LogP contribution is 2.26. The average Bonchev–Trinajstić information content (AvgIpc) is 2.32. The first-order valence-electron chi connectivity index (χ1n) is 6.49. The Kier molecular flexibility index (Phi) is 6.14. The van der Waals surface area contributed by atoms with Gasteiger partial charge in [0, 0.05) is 36.9 Å². The zero-order valence-electron chi connectivity index (χ0n) is 11.9. The molecule has 1 rings (SSSR count). The standard InChI is InChI=1S/C14H20ClF3N2/c1-10(2)19-9-11-8-12(15)4-5-13(11)20(3)7-6-14(16,17)18/h4-5,8,10,19H,6-7,9H2,1-3H3. The van der Waals surface area contributed by atoms with Crippen molar-refractivity contribution < 1.29 is 13.2 Å². The van der Waals surface area contributed by atoms with Crippen LogP contribution in [-0.4, -0.2) is 25.8 Å². The van der Waals surface area contributed by atoms with Crippen LogP contribution in [0.1, 0.15) is 25.8 Å². The molecule has 0 amide bonds. The molecule has 0 spiro atoms. The Labute approximate surface area is 122 Å². The maximum Gasteiger partial charge on any atom is 0.390 e. The first-order valence-corrected chi connectivity index (χ1v) is 6.86. The average molecular weight is 309 g/mol. The van der Waals surface area contributed by atoms with E-state index in [9.17, 15) is 13.2 Å². The fraction of sp³-hybridized carbons (Fsp3) is 0.571. The number of hydrogen-bond donors (Lipinski definition) is 1. The van der Waals surface area contributed by atoms with Crippen molar-refractivity contribution in [3.8, 4) is 0 Å². The fourth-order valence-electron chi connectivity index (χ4n) is 1.80. The predicted octanol–water partition coefficient (Wildman–Crippen LogP) is 4.23. The lowest BCUT2D eigenvalue weighted by molar-refractivity contribution is -0.132. The molecule has 2 nitrogen and oxygen atoms in total. The largest absolute Gasteiger partial charge is 0.390 e. The molecule has 6 heteroatoms. The summed E-state index contributed by atoms with van der Waals surface area (Å²) in [5, 5.41) is 3.83. The molecule has 0 unspecified atom stereocenters. The van der Waals surface area contributed by atoms with Gasteiger partial charge in [0.2, 0.25) is 0 Å². The zero-order valence-corrected chi connectivity index (χ0v) is 12.6. The summed E-state index contributed by atoms with van der Waals surface area (Å²) >= 11 is 5.96. The number of benzene rings is 1. The summed E-state index contributed by atoms with van der Waals surface area (Å²) in [6.45, 7) is 4.53. The summed E-state index contributed by atoms with van der Waals surface area (Å²) in [4.78, 5) is 1.61. The van der Waals surface area contributed by atoms with Crippen molar-refractivity contribution >= 4 is 17.3 Å². The molecule has 0 aliphatic carbocycles. The van der Waals surface area contributed by atoms with E-state index in [1.54, 1.807) is 30.1 Å². The summed E-state index contributed by atoms with van der Waals surface area (Å²) in [6, 6.07) is 5.54. The van der Waals surface area contributed by atoms with E-state index in [1.807, 2.05) is 13.8 Å². The lowest BCUT2D eigenvalue weighted by Crippen LogP contribution is -2.27. The van der Waals surface area contributed by atoms with Crippen LogP contribution in [0, 0.1) is 0 Å². The number of nitrogens with zero attached hydrogens (tertiary/aromatic N) is 1. The van der Waals surface area contributed by atoms with Crippen molar-refractivity contribution in [1.82, 2.24) is 5.32 Å². The molecule has 0 saturated carbocycles. The van der Waals surface area contributed by atoms with Gasteiger partial charge in [-0.2, -0.15) is 13.2 Å². The number of hydrogen-bond acceptors (Lipinski definition) is 2. The highest BCUT2D eigenvalue weighted by Gasteiger charge is 2.27. The molecule has 1 aromatic rings. The van der Waals surface area contributed by atoms with E-state index in [2.05, 4.69) is 5.32 Å². The summed E-state index contributed by atoms with van der Waals surface area (Å²) < 4.78 is 36.9. The molecule has 0 aliphatic rings. The molecule has 0 fully saturated rings. The van der Waals surface area contributed by atoms with E-state index in [4.69, 9.17) is 11.6 Å². The van der Waals surface area contributed by atoms with E-state index in [1.165, 1.54) is 0 Å². The van der Waals surface area contributed by atoms with E-state index < -0.39 is 12.6 Å². The summed E-state index contributed by atoms with van der Waals surface area (Å²) in [5.74, 6) is 0. The van der Waals surface area contributed by atoms with Gasteiger partial charge in [-0.05, 0) is 23.8 Å². The minimum atomic E-state index is -4.14. The van der Waals surface area contributed by atoms with Crippen molar-refractivity contribution in [2.75, 3.05) is 18.5 Å². The highest BCUT2D eigenvalue weighted by molar-refractivity contribution is 6.30. The van der Waals surface area contributed by atoms with E-state index in [0.717, 1.165) is 11.3 Å². The van der Waals surface area contributed by atoms with Gasteiger partial charge in [-0.15, -0.1) is 0 Å². The van der Waals surface area contributed by atoms with Crippen LogP contribution in [0.15, 0.2) is 18.2 Å². The number of anilines is 1. The van der Waals surface area contributed by atoms with Crippen LogP contribution in [-0.2, 0) is 6.54 Å². The number of alkyl halides is 3. The Morgan fingerprint density at radius 2 is 1.95 bits per heavy atom. The quantitative estimate of drug-likeness (QED) is 0.846. The second kappa shape index (κ2) is 7.18. The van der Waals surface area contributed by atoms with Crippen LogP contribution in [0.4, 0.5) is 18.9 Å². The van der Waals surface area contributed by atoms with Crippen LogP contribution in [0.5, 0.6) is 0 Å². The second-order valence-electron chi connectivity index (χ2n) is 5.10. The van der Waals surface area contributed by atoms with Crippen LogP contribution in [0.2, 0.25) is 5.02 Å². The van der Waals surface area contributed by atoms with Gasteiger partial charge in [-0.25, -0.2) is 0 Å². The lowest BCUT2D eigenvalue weighted by Gasteiger charge is -2.24. The van der Waals surface area contributed by atoms with Crippen LogP contribution < -0.4 is 10.2 Å². The number of rotatable bonds is 6. The predicted molar refractivity (Wildman–Crippen MR) is 77.4 cm³/mol. The van der Waals surface area contributed by atoms with Gasteiger partial charge in [0.15, 0.2) is 0 Å². The lowest BCUT2D eigenvalue weighted by atomic mass is 10.1. The Bertz CT molecular complexity index is 433. The monoisotopic (exact) mass is 308 g/mol. The van der Waals surface area contributed by atoms with Crippen LogP contribution >= 0.6 is 11.6 Å². The normalized spacial score (nSPS) is 12.0. The summed E-state index contributed by atoms with van der Waals surface area (Å²) in [7, 11) is 1.66. The third kappa shape index (κ3) is 6.01. The van der Waals surface area contributed by atoms with Crippen molar-refractivity contribution in [2.24, 2.45) is 0 Å². The fourth-order valence-corrected chi connectivity index (χ4v) is 1.99. The highest BCUT2D eigenvalue weighted by atomic mass is 35.5. The second-order valence-corrected chi connectivity index (χ2v) is 5.53. The first-order chi connectivity index (χ1) is 9.19. The molecule has 0 radical (unpaired) electrons. The van der Waals surface area contributed by atoms with Gasteiger partial charge < -0.3 is 10.2 Å². The molecule has 0 aromatic heterocycles. The molecule has 0 aliphatic heterocycles. The smallest absolute Gasteiger partial charge is 0.374 e. The maximum atomic E-state index is 12.3. The minimum absolute atomic E-state index is 0.0696. The molecule has 0 saturated heterocycles. The summed E-state index contributed by atoms with van der Waals surface area (Å²) in [5.41, 5.74) is 1.67. The molecule has 0 heterocycles. The van der Waals surface area contributed by atoms with Crippen LogP contribution in [0.25, 0.3) is 0 Å². The molecular formula is C14H20ClF3N2. The SMILES string of the molecule is CC(C)NCc1cc(Cl)ccc1N(C)CCC(F)(F)F. The zero-order chi connectivity index (χ0) is 15.3. The Morgan fingerprint density at radius 1 is 1.30 bits per heavy atom. The van der Waals surface area contributed by atoms with Gasteiger partial charge in [-0.1, -0.05) is 25.4 Å².